The van der Waals surface area contributed by atoms with Crippen molar-refractivity contribution < 1.29 is 24.1 Å². The highest BCUT2D eigenvalue weighted by atomic mass is 16.7. The lowest BCUT2D eigenvalue weighted by Crippen LogP contribution is -2.58. The van der Waals surface area contributed by atoms with Gasteiger partial charge >= 0.3 is 0 Å². The van der Waals surface area contributed by atoms with E-state index < -0.39 is 6.10 Å². The zero-order chi connectivity index (χ0) is 15.8. The molecule has 1 N–H and O–H groups in total. The Morgan fingerprint density at radius 1 is 0.957 bits per heavy atom. The van der Waals surface area contributed by atoms with E-state index in [-0.39, 0.29) is 36.8 Å². The molecule has 0 amide bonds. The monoisotopic (exact) mass is 318 g/mol. The minimum Gasteiger partial charge on any atom is -0.390 e. The molecule has 1 unspecified atom stereocenters. The lowest BCUT2D eigenvalue weighted by atomic mass is 9.90. The number of fused-ring (bicyclic) bond motifs is 2. The van der Waals surface area contributed by atoms with Gasteiger partial charge in [-0.3, -0.25) is 0 Å². The standard InChI is InChI=1S/C18H22O5/c1-2-13-12(19)8-14-15(21-13)9-16-17(22-14)10-20-18(23-16)11-6-4-3-5-7-11/h2-7,12-19H,1,8-10H2/t12-,13+,14+,15-,16+,17-,18?/m1/s1. The molecule has 3 heterocycles. The highest BCUT2D eigenvalue weighted by Gasteiger charge is 2.47. The summed E-state index contributed by atoms with van der Waals surface area (Å²) in [6, 6.07) is 9.92. The van der Waals surface area contributed by atoms with Gasteiger partial charge in [-0.05, 0) is 0 Å². The van der Waals surface area contributed by atoms with Crippen LogP contribution in [0.4, 0.5) is 0 Å². The Hall–Kier alpha value is -1.24. The molecule has 124 valence electrons. The molecule has 3 aliphatic rings. The van der Waals surface area contributed by atoms with Gasteiger partial charge < -0.3 is 24.1 Å². The molecule has 3 aliphatic heterocycles. The summed E-state index contributed by atoms with van der Waals surface area (Å²) in [6.45, 7) is 4.22. The Morgan fingerprint density at radius 2 is 1.70 bits per heavy atom. The van der Waals surface area contributed by atoms with E-state index in [1.54, 1.807) is 6.08 Å². The van der Waals surface area contributed by atoms with Crippen LogP contribution >= 0.6 is 0 Å². The molecule has 5 nitrogen and oxygen atoms in total. The number of hydrogen-bond acceptors (Lipinski definition) is 5. The van der Waals surface area contributed by atoms with Gasteiger partial charge in [-0.1, -0.05) is 36.4 Å². The van der Waals surface area contributed by atoms with Crippen LogP contribution in [0.3, 0.4) is 0 Å². The fourth-order valence-corrected chi connectivity index (χ4v) is 3.62. The maximum atomic E-state index is 10.1. The number of aliphatic hydroxyl groups excluding tert-OH is 1. The predicted octanol–water partition coefficient (Wildman–Crippen LogP) is 1.96. The second kappa shape index (κ2) is 6.34. The van der Waals surface area contributed by atoms with Crippen LogP contribution < -0.4 is 0 Å². The van der Waals surface area contributed by atoms with E-state index in [1.807, 2.05) is 30.3 Å². The van der Waals surface area contributed by atoms with Crippen LogP contribution in [0.5, 0.6) is 0 Å². The summed E-state index contributed by atoms with van der Waals surface area (Å²) in [5.41, 5.74) is 1.01. The van der Waals surface area contributed by atoms with Gasteiger partial charge in [0.15, 0.2) is 6.29 Å². The smallest absolute Gasteiger partial charge is 0.184 e. The van der Waals surface area contributed by atoms with E-state index in [0.717, 1.165) is 12.0 Å². The summed E-state index contributed by atoms with van der Waals surface area (Å²) in [4.78, 5) is 0. The van der Waals surface area contributed by atoms with Gasteiger partial charge in [0.1, 0.15) is 12.2 Å². The third-order valence-electron chi connectivity index (χ3n) is 4.84. The van der Waals surface area contributed by atoms with Crippen molar-refractivity contribution in [2.24, 2.45) is 0 Å². The molecular formula is C18H22O5. The van der Waals surface area contributed by atoms with Gasteiger partial charge in [-0.2, -0.15) is 0 Å². The molecule has 1 aromatic carbocycles. The molecule has 5 heteroatoms. The summed E-state index contributed by atoms with van der Waals surface area (Å²) in [5, 5.41) is 10.1. The van der Waals surface area contributed by atoms with E-state index in [0.29, 0.717) is 13.0 Å². The first-order valence-corrected chi connectivity index (χ1v) is 8.18. The van der Waals surface area contributed by atoms with Gasteiger partial charge in [0.05, 0.1) is 31.0 Å². The molecule has 0 aromatic heterocycles. The SMILES string of the molecule is C=C[C@@H]1O[C@@H]2C[C@@H]3OC(c4ccccc4)OC[C@H]3O[C@H]2C[C@H]1O. The second-order valence-electron chi connectivity index (χ2n) is 6.38. The second-order valence-corrected chi connectivity index (χ2v) is 6.38. The Kier molecular flexibility index (Phi) is 4.22. The van der Waals surface area contributed by atoms with Crippen LogP contribution in [0.15, 0.2) is 43.0 Å². The van der Waals surface area contributed by atoms with E-state index in [1.165, 1.54) is 0 Å². The van der Waals surface area contributed by atoms with Crippen molar-refractivity contribution in [3.05, 3.63) is 48.6 Å². The molecule has 3 saturated heterocycles. The van der Waals surface area contributed by atoms with Crippen molar-refractivity contribution in [3.63, 3.8) is 0 Å². The molecule has 3 fully saturated rings. The Balaban J connectivity index is 1.45. The molecule has 23 heavy (non-hydrogen) atoms. The Morgan fingerprint density at radius 3 is 2.48 bits per heavy atom. The van der Waals surface area contributed by atoms with E-state index in [9.17, 15) is 5.11 Å². The van der Waals surface area contributed by atoms with E-state index >= 15 is 0 Å². The average Bonchev–Trinajstić information content (AvgIpc) is 2.60. The average molecular weight is 318 g/mol. The van der Waals surface area contributed by atoms with Gasteiger partial charge in [0.25, 0.3) is 0 Å². The number of benzene rings is 1. The number of ether oxygens (including phenoxy) is 4. The quantitative estimate of drug-likeness (QED) is 0.845. The van der Waals surface area contributed by atoms with Gasteiger partial charge in [0, 0.05) is 18.4 Å². The largest absolute Gasteiger partial charge is 0.390 e. The lowest BCUT2D eigenvalue weighted by Gasteiger charge is -2.48. The van der Waals surface area contributed by atoms with Gasteiger partial charge in [-0.15, -0.1) is 6.58 Å². The van der Waals surface area contributed by atoms with Crippen LogP contribution in [0.2, 0.25) is 0 Å². The molecule has 7 atom stereocenters. The third kappa shape index (κ3) is 2.95. The number of rotatable bonds is 2. The predicted molar refractivity (Wildman–Crippen MR) is 82.8 cm³/mol. The highest BCUT2D eigenvalue weighted by Crippen LogP contribution is 2.38. The Labute approximate surface area is 135 Å². The molecule has 0 radical (unpaired) electrons. The fraction of sp³-hybridized carbons (Fsp3) is 0.556. The molecule has 0 saturated carbocycles. The molecule has 1 aromatic rings. The summed E-state index contributed by atoms with van der Waals surface area (Å²) < 4.78 is 23.9. The fourth-order valence-electron chi connectivity index (χ4n) is 3.62. The minimum absolute atomic E-state index is 0.0593. The molecule has 0 bridgehead atoms. The summed E-state index contributed by atoms with van der Waals surface area (Å²) in [6.07, 6.45) is 1.37. The zero-order valence-corrected chi connectivity index (χ0v) is 12.9. The molecule has 4 rings (SSSR count). The first-order chi connectivity index (χ1) is 11.2. The van der Waals surface area contributed by atoms with Crippen molar-refractivity contribution in [1.82, 2.24) is 0 Å². The van der Waals surface area contributed by atoms with Crippen molar-refractivity contribution >= 4 is 0 Å². The summed E-state index contributed by atoms with van der Waals surface area (Å²) in [5.74, 6) is 0. The minimum atomic E-state index is -0.562. The van der Waals surface area contributed by atoms with Gasteiger partial charge in [-0.25, -0.2) is 0 Å². The lowest BCUT2D eigenvalue weighted by molar-refractivity contribution is -0.318. The van der Waals surface area contributed by atoms with Crippen LogP contribution in [-0.4, -0.2) is 48.3 Å². The molecular weight excluding hydrogens is 296 g/mol. The van der Waals surface area contributed by atoms with E-state index in [4.69, 9.17) is 18.9 Å². The van der Waals surface area contributed by atoms with Crippen molar-refractivity contribution in [2.75, 3.05) is 6.61 Å². The summed E-state index contributed by atoms with van der Waals surface area (Å²) in [7, 11) is 0. The number of aliphatic hydroxyl groups is 1. The first-order valence-electron chi connectivity index (χ1n) is 8.18. The maximum Gasteiger partial charge on any atom is 0.184 e. The van der Waals surface area contributed by atoms with Crippen LogP contribution in [-0.2, 0) is 18.9 Å². The normalized spacial score (nSPS) is 43.3. The summed E-state index contributed by atoms with van der Waals surface area (Å²) >= 11 is 0. The van der Waals surface area contributed by atoms with Crippen molar-refractivity contribution in [2.45, 2.75) is 55.8 Å². The topological polar surface area (TPSA) is 57.2 Å². The van der Waals surface area contributed by atoms with Crippen LogP contribution in [0.1, 0.15) is 24.7 Å². The zero-order valence-electron chi connectivity index (χ0n) is 12.9. The first kappa shape index (κ1) is 15.3. The third-order valence-corrected chi connectivity index (χ3v) is 4.84. The maximum absolute atomic E-state index is 10.1. The van der Waals surface area contributed by atoms with Crippen molar-refractivity contribution in [3.8, 4) is 0 Å². The van der Waals surface area contributed by atoms with Crippen molar-refractivity contribution in [1.29, 1.82) is 0 Å². The Bertz CT molecular complexity index is 548. The van der Waals surface area contributed by atoms with Crippen LogP contribution in [0.25, 0.3) is 0 Å². The molecule has 0 aliphatic carbocycles. The highest BCUT2D eigenvalue weighted by molar-refractivity contribution is 5.16. The van der Waals surface area contributed by atoms with Crippen LogP contribution in [0, 0.1) is 0 Å². The van der Waals surface area contributed by atoms with Gasteiger partial charge in [0.2, 0.25) is 0 Å². The molecule has 0 spiro atoms. The van der Waals surface area contributed by atoms with E-state index in [2.05, 4.69) is 6.58 Å². The number of hydrogen-bond donors (Lipinski definition) is 1.